The molecule has 1 heterocycles. The van der Waals surface area contributed by atoms with Crippen molar-refractivity contribution in [1.82, 2.24) is 5.32 Å². The monoisotopic (exact) mass is 416 g/mol. The molecule has 2 aromatic carbocycles. The molecule has 4 amide bonds. The van der Waals surface area contributed by atoms with Gasteiger partial charge in [0.2, 0.25) is 5.75 Å². The Morgan fingerprint density at radius 1 is 0.966 bits per heavy atom. The fourth-order valence-electron chi connectivity index (χ4n) is 2.90. The number of ether oxygens (including phenoxy) is 3. The van der Waals surface area contributed by atoms with Crippen LogP contribution < -0.4 is 24.4 Å². The molecule has 3 rings (SSSR count). The lowest BCUT2D eigenvalue weighted by Crippen LogP contribution is -2.54. The smallest absolute Gasteiger partial charge is 0.335 e. The lowest BCUT2D eigenvalue weighted by molar-refractivity contribution is -0.122. The van der Waals surface area contributed by atoms with E-state index in [0.717, 1.165) is 4.90 Å². The van der Waals surface area contributed by atoms with Gasteiger partial charge in [-0.1, -0.05) is 17.7 Å². The number of amides is 4. The van der Waals surface area contributed by atoms with Crippen molar-refractivity contribution >= 4 is 41.2 Å². The molecule has 0 unspecified atom stereocenters. The molecule has 29 heavy (non-hydrogen) atoms. The van der Waals surface area contributed by atoms with Gasteiger partial charge in [-0.15, -0.1) is 0 Å². The van der Waals surface area contributed by atoms with Crippen molar-refractivity contribution < 1.29 is 28.6 Å². The van der Waals surface area contributed by atoms with E-state index in [2.05, 4.69) is 5.32 Å². The van der Waals surface area contributed by atoms with Crippen molar-refractivity contribution in [3.8, 4) is 17.2 Å². The zero-order valence-corrected chi connectivity index (χ0v) is 16.6. The SMILES string of the molecule is COc1ccc(/C=C2\C(=O)NC(=O)N(c3cccc(Cl)c3)C2=O)c(OC)c1OC. The van der Waals surface area contributed by atoms with Crippen LogP contribution in [0.2, 0.25) is 5.02 Å². The first kappa shape index (κ1) is 20.2. The van der Waals surface area contributed by atoms with E-state index in [1.807, 2.05) is 0 Å². The third kappa shape index (κ3) is 3.74. The van der Waals surface area contributed by atoms with Crippen LogP contribution in [0.4, 0.5) is 10.5 Å². The number of carbonyl (C=O) groups is 3. The Labute approximate surface area is 171 Å². The van der Waals surface area contributed by atoms with Gasteiger partial charge in [0, 0.05) is 10.6 Å². The van der Waals surface area contributed by atoms with E-state index in [-0.39, 0.29) is 17.0 Å². The summed E-state index contributed by atoms with van der Waals surface area (Å²) in [5.74, 6) is -0.628. The van der Waals surface area contributed by atoms with Gasteiger partial charge in [0.25, 0.3) is 11.8 Å². The second-order valence-electron chi connectivity index (χ2n) is 5.86. The molecule has 0 atom stereocenters. The number of hydrogen-bond donors (Lipinski definition) is 1. The minimum atomic E-state index is -0.862. The molecule has 150 valence electrons. The molecule has 0 aliphatic carbocycles. The normalized spacial score (nSPS) is 15.4. The van der Waals surface area contributed by atoms with Gasteiger partial charge in [-0.3, -0.25) is 14.9 Å². The van der Waals surface area contributed by atoms with E-state index in [1.54, 1.807) is 24.3 Å². The van der Waals surface area contributed by atoms with Gasteiger partial charge < -0.3 is 14.2 Å². The highest BCUT2D eigenvalue weighted by atomic mass is 35.5. The van der Waals surface area contributed by atoms with Crippen LogP contribution >= 0.6 is 11.6 Å². The zero-order valence-electron chi connectivity index (χ0n) is 15.8. The van der Waals surface area contributed by atoms with Crippen LogP contribution in [-0.2, 0) is 9.59 Å². The second-order valence-corrected chi connectivity index (χ2v) is 6.30. The summed E-state index contributed by atoms with van der Waals surface area (Å²) >= 11 is 5.96. The largest absolute Gasteiger partial charge is 0.493 e. The Kier molecular flexibility index (Phi) is 5.74. The van der Waals surface area contributed by atoms with Gasteiger partial charge in [0.15, 0.2) is 11.5 Å². The number of hydrogen-bond acceptors (Lipinski definition) is 6. The molecule has 8 nitrogen and oxygen atoms in total. The van der Waals surface area contributed by atoms with Gasteiger partial charge in [0.1, 0.15) is 5.57 Å². The number of rotatable bonds is 5. The van der Waals surface area contributed by atoms with Crippen molar-refractivity contribution in [1.29, 1.82) is 0 Å². The summed E-state index contributed by atoms with van der Waals surface area (Å²) in [6.07, 6.45) is 1.32. The molecule has 1 saturated heterocycles. The van der Waals surface area contributed by atoms with Crippen LogP contribution in [0, 0.1) is 0 Å². The highest BCUT2D eigenvalue weighted by molar-refractivity contribution is 6.39. The number of benzene rings is 2. The van der Waals surface area contributed by atoms with E-state index in [4.69, 9.17) is 25.8 Å². The standard InChI is InChI=1S/C20H17ClN2O6/c1-27-15-8-7-11(16(28-2)17(15)29-3)9-14-18(24)22-20(26)23(19(14)25)13-6-4-5-12(21)10-13/h4-10H,1-3H3,(H,22,24,26)/b14-9+. The number of nitrogens with zero attached hydrogens (tertiary/aromatic N) is 1. The number of imide groups is 2. The number of nitrogens with one attached hydrogen (secondary N) is 1. The Balaban J connectivity index is 2.10. The third-order valence-electron chi connectivity index (χ3n) is 4.20. The number of anilines is 1. The molecule has 0 saturated carbocycles. The van der Waals surface area contributed by atoms with Crippen LogP contribution in [0.5, 0.6) is 17.2 Å². The van der Waals surface area contributed by atoms with E-state index >= 15 is 0 Å². The van der Waals surface area contributed by atoms with Gasteiger partial charge in [0.05, 0.1) is 27.0 Å². The first-order valence-electron chi connectivity index (χ1n) is 8.37. The maximum absolute atomic E-state index is 13.0. The number of barbiturate groups is 1. The summed E-state index contributed by atoms with van der Waals surface area (Å²) in [6.45, 7) is 0. The average molecular weight is 417 g/mol. The Hall–Kier alpha value is -3.52. The summed E-state index contributed by atoms with van der Waals surface area (Å²) in [6, 6.07) is 8.53. The fraction of sp³-hybridized carbons (Fsp3) is 0.150. The van der Waals surface area contributed by atoms with Crippen LogP contribution in [0.15, 0.2) is 42.0 Å². The Bertz CT molecular complexity index is 1030. The van der Waals surface area contributed by atoms with E-state index in [1.165, 1.54) is 39.5 Å². The van der Waals surface area contributed by atoms with Crippen molar-refractivity contribution in [2.45, 2.75) is 0 Å². The number of halogens is 1. The molecular weight excluding hydrogens is 400 g/mol. The number of methoxy groups -OCH3 is 3. The van der Waals surface area contributed by atoms with Gasteiger partial charge in [-0.25, -0.2) is 9.69 Å². The molecule has 1 aliphatic heterocycles. The molecular formula is C20H17ClN2O6. The quantitative estimate of drug-likeness (QED) is 0.594. The van der Waals surface area contributed by atoms with Crippen molar-refractivity contribution in [3.63, 3.8) is 0 Å². The number of carbonyl (C=O) groups excluding carboxylic acids is 3. The summed E-state index contributed by atoms with van der Waals surface area (Å²) in [5.41, 5.74) is 0.372. The lowest BCUT2D eigenvalue weighted by Gasteiger charge is -2.26. The average Bonchev–Trinajstić information content (AvgIpc) is 2.70. The van der Waals surface area contributed by atoms with Crippen LogP contribution in [0.3, 0.4) is 0 Å². The van der Waals surface area contributed by atoms with Crippen LogP contribution in [0.1, 0.15) is 5.56 Å². The topological polar surface area (TPSA) is 94.2 Å². The Morgan fingerprint density at radius 3 is 2.31 bits per heavy atom. The molecule has 0 radical (unpaired) electrons. The predicted octanol–water partition coefficient (Wildman–Crippen LogP) is 3.03. The highest BCUT2D eigenvalue weighted by Gasteiger charge is 2.37. The van der Waals surface area contributed by atoms with Crippen molar-refractivity contribution in [3.05, 3.63) is 52.6 Å². The Morgan fingerprint density at radius 2 is 1.69 bits per heavy atom. The van der Waals surface area contributed by atoms with Crippen molar-refractivity contribution in [2.75, 3.05) is 26.2 Å². The van der Waals surface area contributed by atoms with Gasteiger partial charge in [-0.2, -0.15) is 0 Å². The minimum Gasteiger partial charge on any atom is -0.493 e. The molecule has 1 aliphatic rings. The molecule has 0 aromatic heterocycles. The van der Waals surface area contributed by atoms with Gasteiger partial charge in [-0.05, 0) is 36.4 Å². The van der Waals surface area contributed by atoms with E-state index < -0.39 is 17.8 Å². The highest BCUT2D eigenvalue weighted by Crippen LogP contribution is 2.40. The molecule has 2 aromatic rings. The molecule has 1 N–H and O–H groups in total. The summed E-state index contributed by atoms with van der Waals surface area (Å²) in [4.78, 5) is 38.5. The number of urea groups is 1. The summed E-state index contributed by atoms with van der Waals surface area (Å²) < 4.78 is 15.9. The van der Waals surface area contributed by atoms with Crippen LogP contribution in [-0.4, -0.2) is 39.2 Å². The maximum atomic E-state index is 13.0. The molecule has 0 bridgehead atoms. The van der Waals surface area contributed by atoms with Crippen molar-refractivity contribution in [2.24, 2.45) is 0 Å². The molecule has 0 spiro atoms. The first-order chi connectivity index (χ1) is 13.9. The first-order valence-corrected chi connectivity index (χ1v) is 8.75. The fourth-order valence-corrected chi connectivity index (χ4v) is 3.09. The van der Waals surface area contributed by atoms with E-state index in [0.29, 0.717) is 22.1 Å². The summed E-state index contributed by atoms with van der Waals surface area (Å²) in [7, 11) is 4.33. The third-order valence-corrected chi connectivity index (χ3v) is 4.44. The second kappa shape index (κ2) is 8.24. The molecule has 9 heteroatoms. The lowest BCUT2D eigenvalue weighted by atomic mass is 10.1. The van der Waals surface area contributed by atoms with Crippen LogP contribution in [0.25, 0.3) is 6.08 Å². The minimum absolute atomic E-state index is 0.234. The summed E-state index contributed by atoms with van der Waals surface area (Å²) in [5, 5.41) is 2.50. The van der Waals surface area contributed by atoms with Gasteiger partial charge >= 0.3 is 6.03 Å². The van der Waals surface area contributed by atoms with E-state index in [9.17, 15) is 14.4 Å². The predicted molar refractivity (Wildman–Crippen MR) is 107 cm³/mol. The molecule has 1 fully saturated rings. The maximum Gasteiger partial charge on any atom is 0.335 e. The zero-order chi connectivity index (χ0) is 21.1.